The van der Waals surface area contributed by atoms with Gasteiger partial charge in [-0.3, -0.25) is 9.59 Å². The number of hydrogen-bond acceptors (Lipinski definition) is 4. The zero-order valence-corrected chi connectivity index (χ0v) is 11.0. The van der Waals surface area contributed by atoms with Gasteiger partial charge in [0.25, 0.3) is 0 Å². The number of carbonyl (C=O) groups is 2. The van der Waals surface area contributed by atoms with E-state index in [0.717, 1.165) is 0 Å². The Balaban J connectivity index is 4.02. The second kappa shape index (κ2) is 5.32. The maximum absolute atomic E-state index is 11.5. The predicted octanol–water partition coefficient (Wildman–Crippen LogP) is 2.51. The Morgan fingerprint density at radius 2 is 1.38 bits per heavy atom. The molecule has 0 amide bonds. The van der Waals surface area contributed by atoms with Crippen molar-refractivity contribution < 1.29 is 19.1 Å². The summed E-state index contributed by atoms with van der Waals surface area (Å²) >= 11 is 0. The van der Waals surface area contributed by atoms with Crippen molar-refractivity contribution in [3.8, 4) is 0 Å². The molecule has 0 aromatic rings. The minimum Gasteiger partial charge on any atom is -0.427 e. The lowest BCUT2D eigenvalue weighted by Crippen LogP contribution is -2.29. The molecule has 0 saturated carbocycles. The maximum Gasteiger partial charge on any atom is 0.314 e. The highest BCUT2D eigenvalue weighted by Crippen LogP contribution is 2.21. The molecule has 0 saturated heterocycles. The average molecular weight is 230 g/mol. The summed E-state index contributed by atoms with van der Waals surface area (Å²) in [5.74, 6) is -0.730. The lowest BCUT2D eigenvalue weighted by molar-refractivity contribution is -0.178. The molecule has 0 aliphatic heterocycles. The Kier molecular flexibility index (Phi) is 4.97. The van der Waals surface area contributed by atoms with E-state index in [-0.39, 0.29) is 18.7 Å². The van der Waals surface area contributed by atoms with Gasteiger partial charge in [-0.1, -0.05) is 6.92 Å². The van der Waals surface area contributed by atoms with E-state index in [1.165, 1.54) is 0 Å². The first kappa shape index (κ1) is 14.9. The van der Waals surface area contributed by atoms with Crippen molar-refractivity contribution in [3.05, 3.63) is 0 Å². The normalized spacial score (nSPS) is 12.1. The molecule has 4 nitrogen and oxygen atoms in total. The van der Waals surface area contributed by atoms with Crippen LogP contribution in [-0.4, -0.2) is 18.7 Å². The van der Waals surface area contributed by atoms with Crippen LogP contribution in [0, 0.1) is 10.8 Å². The van der Waals surface area contributed by atoms with E-state index in [4.69, 9.17) is 9.47 Å². The molecule has 0 aliphatic carbocycles. The highest BCUT2D eigenvalue weighted by atomic mass is 16.7. The SMILES string of the molecule is CCC(C)(C)C(=O)OCOC(=O)C(C)(C)C. The van der Waals surface area contributed by atoms with Crippen molar-refractivity contribution in [2.45, 2.75) is 48.0 Å². The third-order valence-corrected chi connectivity index (χ3v) is 2.43. The van der Waals surface area contributed by atoms with Crippen LogP contribution in [0.2, 0.25) is 0 Å². The quantitative estimate of drug-likeness (QED) is 0.550. The van der Waals surface area contributed by atoms with E-state index >= 15 is 0 Å². The fourth-order valence-electron chi connectivity index (χ4n) is 0.693. The minimum atomic E-state index is -0.577. The van der Waals surface area contributed by atoms with Crippen LogP contribution in [0.25, 0.3) is 0 Å². The van der Waals surface area contributed by atoms with Gasteiger partial charge in [-0.25, -0.2) is 0 Å². The molecule has 0 spiro atoms. The number of hydrogen-bond donors (Lipinski definition) is 0. The standard InChI is InChI=1S/C12H22O4/c1-7-12(5,6)10(14)16-8-15-9(13)11(2,3)4/h7-8H2,1-6H3. The second-order valence-electron chi connectivity index (χ2n) is 5.47. The summed E-state index contributed by atoms with van der Waals surface area (Å²) in [7, 11) is 0. The average Bonchev–Trinajstić information content (AvgIpc) is 2.15. The Morgan fingerprint density at radius 1 is 0.938 bits per heavy atom. The molecule has 0 heterocycles. The van der Waals surface area contributed by atoms with Crippen LogP contribution in [0.4, 0.5) is 0 Å². The zero-order chi connectivity index (χ0) is 13.0. The van der Waals surface area contributed by atoms with E-state index in [1.54, 1.807) is 34.6 Å². The van der Waals surface area contributed by atoms with Crippen LogP contribution in [0.3, 0.4) is 0 Å². The van der Waals surface area contributed by atoms with Crippen LogP contribution in [0.15, 0.2) is 0 Å². The van der Waals surface area contributed by atoms with Gasteiger partial charge in [-0.15, -0.1) is 0 Å². The Morgan fingerprint density at radius 3 is 1.75 bits per heavy atom. The predicted molar refractivity (Wildman–Crippen MR) is 60.6 cm³/mol. The summed E-state index contributed by atoms with van der Waals surface area (Å²) in [6, 6.07) is 0. The fourth-order valence-corrected chi connectivity index (χ4v) is 0.693. The van der Waals surface area contributed by atoms with E-state index < -0.39 is 10.8 Å². The molecule has 0 bridgehead atoms. The van der Waals surface area contributed by atoms with Crippen molar-refractivity contribution in [2.75, 3.05) is 6.79 Å². The van der Waals surface area contributed by atoms with E-state index in [2.05, 4.69) is 0 Å². The van der Waals surface area contributed by atoms with Crippen molar-refractivity contribution in [1.29, 1.82) is 0 Å². The first-order chi connectivity index (χ1) is 7.11. The Bertz CT molecular complexity index is 261. The molecular formula is C12H22O4. The number of carbonyl (C=O) groups excluding carboxylic acids is 2. The highest BCUT2D eigenvalue weighted by Gasteiger charge is 2.28. The Labute approximate surface area is 97.3 Å². The van der Waals surface area contributed by atoms with E-state index in [1.807, 2.05) is 6.92 Å². The first-order valence-electron chi connectivity index (χ1n) is 5.45. The number of ether oxygens (including phenoxy) is 2. The molecular weight excluding hydrogens is 208 g/mol. The summed E-state index contributed by atoms with van der Waals surface area (Å²) < 4.78 is 9.72. The van der Waals surface area contributed by atoms with Crippen molar-refractivity contribution in [1.82, 2.24) is 0 Å². The zero-order valence-electron chi connectivity index (χ0n) is 11.0. The van der Waals surface area contributed by atoms with E-state index in [9.17, 15) is 9.59 Å². The third kappa shape index (κ3) is 4.64. The monoisotopic (exact) mass is 230 g/mol. The molecule has 0 aliphatic rings. The van der Waals surface area contributed by atoms with Gasteiger partial charge < -0.3 is 9.47 Å². The molecule has 0 unspecified atom stereocenters. The summed E-state index contributed by atoms with van der Waals surface area (Å²) in [5, 5.41) is 0. The molecule has 0 radical (unpaired) electrons. The summed E-state index contributed by atoms with van der Waals surface area (Å²) in [5.41, 5.74) is -1.11. The highest BCUT2D eigenvalue weighted by molar-refractivity contribution is 5.77. The fraction of sp³-hybridized carbons (Fsp3) is 0.833. The largest absolute Gasteiger partial charge is 0.427 e. The molecule has 0 N–H and O–H groups in total. The first-order valence-corrected chi connectivity index (χ1v) is 5.45. The molecule has 0 atom stereocenters. The summed E-state index contributed by atoms with van der Waals surface area (Å²) in [6.07, 6.45) is 0.680. The lowest BCUT2D eigenvalue weighted by Gasteiger charge is -2.21. The van der Waals surface area contributed by atoms with Gasteiger partial charge in [0, 0.05) is 0 Å². The van der Waals surface area contributed by atoms with Crippen LogP contribution in [0.5, 0.6) is 0 Å². The number of esters is 2. The van der Waals surface area contributed by atoms with Crippen LogP contribution in [0.1, 0.15) is 48.0 Å². The molecule has 4 heteroatoms. The van der Waals surface area contributed by atoms with Crippen LogP contribution in [-0.2, 0) is 19.1 Å². The molecule has 16 heavy (non-hydrogen) atoms. The maximum atomic E-state index is 11.5. The molecule has 0 rings (SSSR count). The van der Waals surface area contributed by atoms with Crippen molar-refractivity contribution in [3.63, 3.8) is 0 Å². The van der Waals surface area contributed by atoms with Crippen LogP contribution < -0.4 is 0 Å². The van der Waals surface area contributed by atoms with Crippen molar-refractivity contribution >= 4 is 11.9 Å². The molecule has 94 valence electrons. The number of rotatable bonds is 4. The van der Waals surface area contributed by atoms with Gasteiger partial charge >= 0.3 is 11.9 Å². The Hall–Kier alpha value is -1.06. The van der Waals surface area contributed by atoms with Gasteiger partial charge in [-0.2, -0.15) is 0 Å². The topological polar surface area (TPSA) is 52.6 Å². The van der Waals surface area contributed by atoms with Gasteiger partial charge in [0.05, 0.1) is 10.8 Å². The molecule has 0 aromatic carbocycles. The molecule has 0 aromatic heterocycles. The van der Waals surface area contributed by atoms with Crippen LogP contribution >= 0.6 is 0 Å². The van der Waals surface area contributed by atoms with Gasteiger partial charge in [0.1, 0.15) is 0 Å². The lowest BCUT2D eigenvalue weighted by atomic mass is 9.91. The molecule has 0 fully saturated rings. The second-order valence-corrected chi connectivity index (χ2v) is 5.47. The van der Waals surface area contributed by atoms with Gasteiger partial charge in [-0.05, 0) is 41.0 Å². The van der Waals surface area contributed by atoms with E-state index in [0.29, 0.717) is 6.42 Å². The third-order valence-electron chi connectivity index (χ3n) is 2.43. The summed E-state index contributed by atoms with van der Waals surface area (Å²) in [4.78, 5) is 22.9. The van der Waals surface area contributed by atoms with Gasteiger partial charge in [0.15, 0.2) is 0 Å². The minimum absolute atomic E-state index is 0.307. The smallest absolute Gasteiger partial charge is 0.314 e. The van der Waals surface area contributed by atoms with Gasteiger partial charge in [0.2, 0.25) is 6.79 Å². The summed E-state index contributed by atoms with van der Waals surface area (Å²) in [6.45, 7) is 10.4. The van der Waals surface area contributed by atoms with Crippen molar-refractivity contribution in [2.24, 2.45) is 10.8 Å².